The molecule has 3 unspecified atom stereocenters. The van der Waals surface area contributed by atoms with E-state index in [-0.39, 0.29) is 23.1 Å². The van der Waals surface area contributed by atoms with Crippen LogP contribution in [0.4, 0.5) is 0 Å². The van der Waals surface area contributed by atoms with Crippen molar-refractivity contribution < 1.29 is 24.3 Å². The predicted octanol–water partition coefficient (Wildman–Crippen LogP) is 0.243. The lowest BCUT2D eigenvalue weighted by Crippen LogP contribution is -2.57. The number of phenols is 1. The number of nitrogens with zero attached hydrogens (tertiary/aromatic N) is 1. The minimum absolute atomic E-state index is 0.0226. The molecule has 0 heterocycles. The molecule has 0 aliphatic carbocycles. The van der Waals surface area contributed by atoms with Crippen molar-refractivity contribution >= 4 is 30.3 Å². The van der Waals surface area contributed by atoms with Gasteiger partial charge in [0.05, 0.1) is 12.4 Å². The van der Waals surface area contributed by atoms with Crippen LogP contribution < -0.4 is 27.2 Å². The highest BCUT2D eigenvalue weighted by Crippen LogP contribution is 2.12. The lowest BCUT2D eigenvalue weighted by Gasteiger charge is -2.27. The Morgan fingerprint density at radius 2 is 1.53 bits per heavy atom. The van der Waals surface area contributed by atoms with Gasteiger partial charge in [0.15, 0.2) is 0 Å². The first-order valence-electron chi connectivity index (χ1n) is 11.2. The highest BCUT2D eigenvalue weighted by Gasteiger charge is 2.31. The van der Waals surface area contributed by atoms with Crippen LogP contribution in [0.15, 0.2) is 29.3 Å². The van der Waals surface area contributed by atoms with E-state index >= 15 is 0 Å². The number of nitrogens with one attached hydrogen (secondary N) is 4. The number of aliphatic imine (C=N–C) groups is 1. The first kappa shape index (κ1) is 28.6. The van der Waals surface area contributed by atoms with Gasteiger partial charge in [-0.2, -0.15) is 0 Å². The number of carbonyl (C=O) groups excluding carboxylic acids is 4. The predicted molar refractivity (Wildman–Crippen MR) is 129 cm³/mol. The Morgan fingerprint density at radius 3 is 2.06 bits per heavy atom. The van der Waals surface area contributed by atoms with Crippen LogP contribution in [0.3, 0.4) is 0 Å². The van der Waals surface area contributed by atoms with Gasteiger partial charge < -0.3 is 31.3 Å². The molecule has 7 N–H and O–H groups in total. The fraction of sp³-hybridized carbons (Fsp3) is 0.522. The molecule has 11 heteroatoms. The molecule has 188 valence electrons. The molecule has 1 aromatic rings. The highest BCUT2D eigenvalue weighted by molar-refractivity contribution is 5.98. The van der Waals surface area contributed by atoms with Crippen LogP contribution in [0, 0.1) is 11.8 Å². The molecule has 34 heavy (non-hydrogen) atoms. The molecule has 0 aromatic heterocycles. The second kappa shape index (κ2) is 14.6. The highest BCUT2D eigenvalue weighted by atomic mass is 16.3. The van der Waals surface area contributed by atoms with Crippen molar-refractivity contribution in [2.45, 2.75) is 58.7 Å². The summed E-state index contributed by atoms with van der Waals surface area (Å²) in [6.45, 7) is 7.53. The van der Waals surface area contributed by atoms with Crippen LogP contribution in [0.5, 0.6) is 5.75 Å². The number of rotatable bonds is 14. The molecule has 0 saturated heterocycles. The minimum Gasteiger partial charge on any atom is -0.508 e. The third kappa shape index (κ3) is 9.57. The number of nitrogens with two attached hydrogens (primary N) is 1. The maximum atomic E-state index is 13.0. The molecule has 0 aliphatic rings. The van der Waals surface area contributed by atoms with Crippen molar-refractivity contribution in [3.05, 3.63) is 29.8 Å². The topological polar surface area (TPSA) is 175 Å². The van der Waals surface area contributed by atoms with Gasteiger partial charge >= 0.3 is 0 Å². The standard InChI is InChI=1S/C23H36N6O5/c1-14(2)19(22(33)27-17(12-30)6-5-11-25-13-26-24)29-23(34)20(15(3)4)28-21(32)16-7-9-18(31)10-8-16/h7-10,12-15,17,19-20,31H,5-6,11,24H2,1-4H3,(H,25,26)(H,27,33)(H,28,32)(H,29,34). The van der Waals surface area contributed by atoms with E-state index in [1.54, 1.807) is 27.7 Å². The van der Waals surface area contributed by atoms with Gasteiger partial charge in [0.1, 0.15) is 24.1 Å². The molecule has 3 amide bonds. The first-order valence-corrected chi connectivity index (χ1v) is 11.2. The second-order valence-electron chi connectivity index (χ2n) is 8.57. The maximum absolute atomic E-state index is 13.0. The molecule has 0 fully saturated rings. The maximum Gasteiger partial charge on any atom is 0.251 e. The summed E-state index contributed by atoms with van der Waals surface area (Å²) in [5, 5.41) is 17.4. The lowest BCUT2D eigenvalue weighted by atomic mass is 9.99. The number of benzene rings is 1. The van der Waals surface area contributed by atoms with Crippen LogP contribution in [-0.2, 0) is 14.4 Å². The van der Waals surface area contributed by atoms with Crippen LogP contribution in [0.25, 0.3) is 0 Å². The first-order chi connectivity index (χ1) is 16.1. The van der Waals surface area contributed by atoms with Crippen LogP contribution >= 0.6 is 0 Å². The number of hydrazine groups is 1. The number of amides is 3. The molecule has 11 nitrogen and oxygen atoms in total. The van der Waals surface area contributed by atoms with Crippen LogP contribution in [-0.4, -0.2) is 60.1 Å². The lowest BCUT2D eigenvalue weighted by molar-refractivity contribution is -0.132. The van der Waals surface area contributed by atoms with Gasteiger partial charge in [-0.25, -0.2) is 5.84 Å². The molecule has 1 rings (SSSR count). The zero-order valence-corrected chi connectivity index (χ0v) is 20.1. The zero-order valence-electron chi connectivity index (χ0n) is 20.1. The van der Waals surface area contributed by atoms with E-state index in [2.05, 4.69) is 26.4 Å². The summed E-state index contributed by atoms with van der Waals surface area (Å²) in [7, 11) is 0. The van der Waals surface area contributed by atoms with E-state index in [0.717, 1.165) is 0 Å². The van der Waals surface area contributed by atoms with E-state index < -0.39 is 35.8 Å². The van der Waals surface area contributed by atoms with Crippen molar-refractivity contribution in [1.29, 1.82) is 0 Å². The molecular weight excluding hydrogens is 440 g/mol. The van der Waals surface area contributed by atoms with Crippen molar-refractivity contribution in [2.24, 2.45) is 22.7 Å². The van der Waals surface area contributed by atoms with E-state index in [9.17, 15) is 24.3 Å². The summed E-state index contributed by atoms with van der Waals surface area (Å²) < 4.78 is 0. The number of carbonyl (C=O) groups is 4. The molecular formula is C23H36N6O5. The van der Waals surface area contributed by atoms with Crippen LogP contribution in [0.1, 0.15) is 50.9 Å². The van der Waals surface area contributed by atoms with Gasteiger partial charge in [-0.05, 0) is 48.9 Å². The van der Waals surface area contributed by atoms with Crippen LogP contribution in [0.2, 0.25) is 0 Å². The quantitative estimate of drug-likeness (QED) is 0.0557. The molecule has 0 saturated carbocycles. The normalized spacial score (nSPS) is 13.9. The number of aromatic hydroxyl groups is 1. The van der Waals surface area contributed by atoms with Crippen molar-refractivity contribution in [3.63, 3.8) is 0 Å². The number of hydrogen-bond acceptors (Lipinski definition) is 7. The molecule has 3 atom stereocenters. The van der Waals surface area contributed by atoms with Crippen molar-refractivity contribution in [3.8, 4) is 5.75 Å². The Kier molecular flexibility index (Phi) is 12.3. The average molecular weight is 477 g/mol. The second-order valence-corrected chi connectivity index (χ2v) is 8.57. The molecule has 0 aliphatic heterocycles. The van der Waals surface area contributed by atoms with E-state index in [1.807, 2.05) is 0 Å². The fourth-order valence-corrected chi connectivity index (χ4v) is 3.12. The Balaban J connectivity index is 2.81. The monoisotopic (exact) mass is 476 g/mol. The third-order valence-corrected chi connectivity index (χ3v) is 5.07. The van der Waals surface area contributed by atoms with Crippen molar-refractivity contribution in [1.82, 2.24) is 21.4 Å². The molecule has 0 radical (unpaired) electrons. The van der Waals surface area contributed by atoms with E-state index in [1.165, 1.54) is 30.6 Å². The summed E-state index contributed by atoms with van der Waals surface area (Å²) in [5.74, 6) is 3.10. The largest absolute Gasteiger partial charge is 0.508 e. The van der Waals surface area contributed by atoms with Gasteiger partial charge in [0.2, 0.25) is 11.8 Å². The molecule has 1 aromatic carbocycles. The van der Waals surface area contributed by atoms with Gasteiger partial charge in [0.25, 0.3) is 5.91 Å². The van der Waals surface area contributed by atoms with E-state index in [4.69, 9.17) is 5.84 Å². The summed E-state index contributed by atoms with van der Waals surface area (Å²) in [4.78, 5) is 53.8. The number of aldehydes is 1. The summed E-state index contributed by atoms with van der Waals surface area (Å²) in [6.07, 6.45) is 2.92. The van der Waals surface area contributed by atoms with Gasteiger partial charge in [0, 0.05) is 12.1 Å². The fourth-order valence-electron chi connectivity index (χ4n) is 3.12. The Morgan fingerprint density at radius 1 is 0.971 bits per heavy atom. The Bertz CT molecular complexity index is 841. The summed E-state index contributed by atoms with van der Waals surface area (Å²) >= 11 is 0. The number of hydrogen-bond donors (Lipinski definition) is 6. The number of phenolic OH excluding ortho intramolecular Hbond substituents is 1. The van der Waals surface area contributed by atoms with E-state index in [0.29, 0.717) is 25.7 Å². The van der Waals surface area contributed by atoms with Gasteiger partial charge in [-0.15, -0.1) is 0 Å². The molecule has 0 bridgehead atoms. The Labute approximate surface area is 199 Å². The SMILES string of the molecule is CC(C)C(NC(=O)c1ccc(O)cc1)C(=O)NC(C(=O)NC(C=O)CCCN=CNN)C(C)C. The average Bonchev–Trinajstić information content (AvgIpc) is 2.79. The van der Waals surface area contributed by atoms with Crippen molar-refractivity contribution in [2.75, 3.05) is 6.54 Å². The minimum atomic E-state index is -0.902. The third-order valence-electron chi connectivity index (χ3n) is 5.07. The zero-order chi connectivity index (χ0) is 25.7. The molecule has 0 spiro atoms. The Hall–Kier alpha value is -3.47. The summed E-state index contributed by atoms with van der Waals surface area (Å²) in [5.41, 5.74) is 2.57. The van der Waals surface area contributed by atoms with Gasteiger partial charge in [-0.3, -0.25) is 19.4 Å². The summed E-state index contributed by atoms with van der Waals surface area (Å²) in [6, 6.07) is 3.13. The smallest absolute Gasteiger partial charge is 0.251 e. The van der Waals surface area contributed by atoms with Gasteiger partial charge in [-0.1, -0.05) is 27.7 Å².